The fourth-order valence-electron chi connectivity index (χ4n) is 2.37. The van der Waals surface area contributed by atoms with Gasteiger partial charge in [-0.2, -0.15) is 0 Å². The number of hydrogen-bond acceptors (Lipinski definition) is 6. The third-order valence-corrected chi connectivity index (χ3v) is 7.44. The van der Waals surface area contributed by atoms with E-state index < -0.39 is 16.0 Å². The molecule has 6 nitrogen and oxygen atoms in total. The molecule has 3 aromatic rings. The molecule has 0 fully saturated rings. The van der Waals surface area contributed by atoms with Gasteiger partial charge in [0, 0.05) is 20.8 Å². The van der Waals surface area contributed by atoms with Gasteiger partial charge in [0.1, 0.15) is 4.88 Å². The van der Waals surface area contributed by atoms with Crippen LogP contribution in [0, 0.1) is 12.3 Å². The normalized spacial score (nSPS) is 11.3. The van der Waals surface area contributed by atoms with Crippen LogP contribution >= 0.6 is 22.7 Å². The number of anilines is 1. The van der Waals surface area contributed by atoms with Crippen molar-refractivity contribution in [1.29, 1.82) is 5.41 Å². The zero-order valence-electron chi connectivity index (χ0n) is 13.5. The summed E-state index contributed by atoms with van der Waals surface area (Å²) in [5.41, 5.74) is 0.603. The summed E-state index contributed by atoms with van der Waals surface area (Å²) in [6.45, 7) is 1.68. The largest absolute Gasteiger partial charge is 0.477 e. The van der Waals surface area contributed by atoms with Crippen molar-refractivity contribution in [3.05, 3.63) is 57.8 Å². The Hall–Kier alpha value is -2.49. The number of aromatic carboxylic acids is 1. The number of carbonyl (C=O) groups is 1. The fraction of sp³-hybridized carbons (Fsp3) is 0.0588. The molecule has 0 spiro atoms. The smallest absolute Gasteiger partial charge is 0.348 e. The van der Waals surface area contributed by atoms with Gasteiger partial charge < -0.3 is 10.5 Å². The van der Waals surface area contributed by atoms with Crippen LogP contribution in [-0.2, 0) is 10.0 Å². The summed E-state index contributed by atoms with van der Waals surface area (Å²) in [6.07, 6.45) is 1.21. The highest BCUT2D eigenvalue weighted by atomic mass is 32.2. The van der Waals surface area contributed by atoms with Gasteiger partial charge in [-0.3, -0.25) is 4.72 Å². The zero-order chi connectivity index (χ0) is 18.9. The Labute approximate surface area is 158 Å². The number of sulfonamides is 1. The molecule has 0 saturated carbocycles. The summed E-state index contributed by atoms with van der Waals surface area (Å²) in [6, 6.07) is 11.5. The van der Waals surface area contributed by atoms with Gasteiger partial charge in [-0.05, 0) is 36.8 Å². The molecular weight excluding hydrogens is 392 g/mol. The molecular formula is C17H14N2O4S3. The molecule has 9 heteroatoms. The van der Waals surface area contributed by atoms with Gasteiger partial charge in [0.15, 0.2) is 0 Å². The van der Waals surface area contributed by atoms with E-state index in [4.69, 9.17) is 5.41 Å². The topological polar surface area (TPSA) is 107 Å². The minimum Gasteiger partial charge on any atom is -0.477 e. The molecule has 0 bridgehead atoms. The van der Waals surface area contributed by atoms with Crippen LogP contribution in [0.15, 0.2) is 47.4 Å². The summed E-state index contributed by atoms with van der Waals surface area (Å²) < 4.78 is 27.7. The molecule has 0 saturated heterocycles. The highest BCUT2D eigenvalue weighted by Crippen LogP contribution is 2.38. The van der Waals surface area contributed by atoms with Crippen molar-refractivity contribution in [2.24, 2.45) is 0 Å². The molecule has 0 aliphatic rings. The maximum absolute atomic E-state index is 12.7. The lowest BCUT2D eigenvalue weighted by molar-refractivity contribution is 0.0703. The summed E-state index contributed by atoms with van der Waals surface area (Å²) in [5.74, 6) is -1.20. The lowest BCUT2D eigenvalue weighted by atomic mass is 10.2. The van der Waals surface area contributed by atoms with E-state index in [1.807, 2.05) is 0 Å². The number of nitrogens with one attached hydrogen (secondary N) is 2. The maximum atomic E-state index is 12.7. The van der Waals surface area contributed by atoms with Crippen LogP contribution in [0.1, 0.15) is 20.1 Å². The predicted molar refractivity (Wildman–Crippen MR) is 104 cm³/mol. The van der Waals surface area contributed by atoms with Gasteiger partial charge in [-0.15, -0.1) is 22.7 Å². The third-order valence-electron chi connectivity index (χ3n) is 3.57. The first-order valence-corrected chi connectivity index (χ1v) is 10.5. The highest BCUT2D eigenvalue weighted by Gasteiger charge is 2.23. The molecule has 3 N–H and O–H groups in total. The average molecular weight is 407 g/mol. The zero-order valence-corrected chi connectivity index (χ0v) is 16.0. The van der Waals surface area contributed by atoms with E-state index >= 15 is 0 Å². The Morgan fingerprint density at radius 3 is 2.50 bits per heavy atom. The lowest BCUT2D eigenvalue weighted by Gasteiger charge is -2.09. The summed E-state index contributed by atoms with van der Waals surface area (Å²) >= 11 is 2.33. The van der Waals surface area contributed by atoms with E-state index in [-0.39, 0.29) is 15.5 Å². The maximum Gasteiger partial charge on any atom is 0.348 e. The Morgan fingerprint density at radius 1 is 1.15 bits per heavy atom. The molecule has 1 aromatic carbocycles. The van der Waals surface area contributed by atoms with E-state index in [0.29, 0.717) is 10.4 Å². The summed E-state index contributed by atoms with van der Waals surface area (Å²) in [7, 11) is -3.91. The van der Waals surface area contributed by atoms with Crippen LogP contribution in [0.4, 0.5) is 5.69 Å². The second-order valence-electron chi connectivity index (χ2n) is 5.38. The molecule has 0 unspecified atom stereocenters. The van der Waals surface area contributed by atoms with E-state index in [0.717, 1.165) is 21.1 Å². The molecule has 0 amide bonds. The molecule has 3 rings (SSSR count). The molecule has 26 heavy (non-hydrogen) atoms. The quantitative estimate of drug-likeness (QED) is 0.531. The first-order valence-electron chi connectivity index (χ1n) is 7.38. The predicted octanol–water partition coefficient (Wildman–Crippen LogP) is 4.28. The monoisotopic (exact) mass is 406 g/mol. The van der Waals surface area contributed by atoms with Crippen LogP contribution < -0.4 is 4.72 Å². The first kappa shape index (κ1) is 18.3. The van der Waals surface area contributed by atoms with Gasteiger partial charge in [-0.25, -0.2) is 13.2 Å². The Bertz CT molecular complexity index is 1100. The van der Waals surface area contributed by atoms with E-state index in [2.05, 4.69) is 4.72 Å². The van der Waals surface area contributed by atoms with Crippen molar-refractivity contribution in [3.63, 3.8) is 0 Å². The van der Waals surface area contributed by atoms with Crippen molar-refractivity contribution in [2.45, 2.75) is 11.8 Å². The van der Waals surface area contributed by atoms with E-state index in [1.165, 1.54) is 29.7 Å². The molecule has 2 aromatic heterocycles. The number of hydrogen-bond donors (Lipinski definition) is 3. The fourth-order valence-corrected chi connectivity index (χ4v) is 5.61. The van der Waals surface area contributed by atoms with Crippen LogP contribution in [-0.4, -0.2) is 25.7 Å². The number of thiophene rings is 2. The van der Waals surface area contributed by atoms with Crippen LogP contribution in [0.5, 0.6) is 0 Å². The van der Waals surface area contributed by atoms with Crippen molar-refractivity contribution in [3.8, 4) is 9.75 Å². The Kier molecular flexibility index (Phi) is 4.94. The number of carboxylic acid groups (broad SMARTS) is 1. The summed E-state index contributed by atoms with van der Waals surface area (Å²) in [4.78, 5) is 13.7. The van der Waals surface area contributed by atoms with Crippen molar-refractivity contribution < 1.29 is 18.3 Å². The van der Waals surface area contributed by atoms with Gasteiger partial charge in [-0.1, -0.05) is 18.2 Å². The lowest BCUT2D eigenvalue weighted by Crippen LogP contribution is -2.15. The van der Waals surface area contributed by atoms with Gasteiger partial charge in [0.05, 0.1) is 10.6 Å². The van der Waals surface area contributed by atoms with Crippen molar-refractivity contribution >= 4 is 50.6 Å². The van der Waals surface area contributed by atoms with Gasteiger partial charge >= 0.3 is 5.97 Å². The SMILES string of the molecule is Cc1ccccc1S(=O)(=O)Nc1cc(-c2ccc(C=N)s2)sc1C(=O)O. The molecule has 0 aliphatic heterocycles. The molecule has 134 valence electrons. The number of aryl methyl sites for hydroxylation is 1. The minimum absolute atomic E-state index is 0.0329. The second kappa shape index (κ2) is 7.02. The van der Waals surface area contributed by atoms with Crippen molar-refractivity contribution in [2.75, 3.05) is 4.72 Å². The third kappa shape index (κ3) is 3.55. The van der Waals surface area contributed by atoms with E-state index in [1.54, 1.807) is 37.3 Å². The molecule has 2 heterocycles. The second-order valence-corrected chi connectivity index (χ2v) is 9.19. The van der Waals surface area contributed by atoms with Gasteiger partial charge in [0.25, 0.3) is 10.0 Å². The number of rotatable bonds is 6. The Balaban J connectivity index is 2.03. The minimum atomic E-state index is -3.91. The average Bonchev–Trinajstić information content (AvgIpc) is 3.21. The standard InChI is InChI=1S/C17H14N2O4S3/c1-10-4-2-3-5-15(10)26(22,23)19-12-8-14(25-16(12)17(20)21)13-7-6-11(9-18)24-13/h2-9,18-19H,1H3,(H,20,21). The highest BCUT2D eigenvalue weighted by molar-refractivity contribution is 7.92. The molecule has 0 atom stereocenters. The van der Waals surface area contributed by atoms with Crippen LogP contribution in [0.25, 0.3) is 9.75 Å². The van der Waals surface area contributed by atoms with Crippen LogP contribution in [0.2, 0.25) is 0 Å². The molecule has 0 aliphatic carbocycles. The molecule has 0 radical (unpaired) electrons. The summed E-state index contributed by atoms with van der Waals surface area (Å²) in [5, 5.41) is 16.7. The van der Waals surface area contributed by atoms with E-state index in [9.17, 15) is 18.3 Å². The first-order chi connectivity index (χ1) is 12.3. The van der Waals surface area contributed by atoms with Gasteiger partial charge in [0.2, 0.25) is 0 Å². The number of benzene rings is 1. The number of carboxylic acids is 1. The Morgan fingerprint density at radius 2 is 1.88 bits per heavy atom. The van der Waals surface area contributed by atoms with Crippen molar-refractivity contribution in [1.82, 2.24) is 0 Å². The van der Waals surface area contributed by atoms with Crippen LogP contribution in [0.3, 0.4) is 0 Å².